The highest BCUT2D eigenvalue weighted by Crippen LogP contribution is 2.29. The molecule has 2 N–H and O–H groups in total. The predicted octanol–water partition coefficient (Wildman–Crippen LogP) is 3.51. The summed E-state index contributed by atoms with van der Waals surface area (Å²) in [4.78, 5) is 24.8. The van der Waals surface area contributed by atoms with Gasteiger partial charge in [-0.25, -0.2) is 4.79 Å². The van der Waals surface area contributed by atoms with Crippen LogP contribution in [0.5, 0.6) is 0 Å². The van der Waals surface area contributed by atoms with Crippen molar-refractivity contribution in [2.45, 2.75) is 19.9 Å². The molecule has 4 nitrogen and oxygen atoms in total. The van der Waals surface area contributed by atoms with Gasteiger partial charge in [0.1, 0.15) is 0 Å². The Labute approximate surface area is 135 Å². The van der Waals surface area contributed by atoms with Gasteiger partial charge in [0.2, 0.25) is 0 Å². The number of urea groups is 1. The lowest BCUT2D eigenvalue weighted by atomic mass is 9.89. The first kappa shape index (κ1) is 15.0. The predicted molar refractivity (Wildman–Crippen MR) is 89.1 cm³/mol. The summed E-state index contributed by atoms with van der Waals surface area (Å²) >= 11 is 0. The molecule has 0 radical (unpaired) electrons. The second-order valence-electron chi connectivity index (χ2n) is 5.68. The molecule has 1 aliphatic heterocycles. The number of carbonyl (C=O) groups is 2. The maximum Gasteiger partial charge on any atom is 0.319 e. The largest absolute Gasteiger partial charge is 0.327 e. The summed E-state index contributed by atoms with van der Waals surface area (Å²) in [6, 6.07) is 16.2. The average Bonchev–Trinajstić information content (AvgIpc) is 2.55. The van der Waals surface area contributed by atoms with E-state index in [0.717, 1.165) is 11.1 Å². The molecule has 3 rings (SSSR count). The maximum atomic E-state index is 12.9. The third kappa shape index (κ3) is 3.01. The van der Waals surface area contributed by atoms with Gasteiger partial charge in [-0.1, -0.05) is 60.2 Å². The van der Waals surface area contributed by atoms with Gasteiger partial charge in [-0.3, -0.25) is 4.79 Å². The van der Waals surface area contributed by atoms with Crippen LogP contribution in [0.25, 0.3) is 0 Å². The molecule has 23 heavy (non-hydrogen) atoms. The quantitative estimate of drug-likeness (QED) is 0.853. The molecule has 0 fully saturated rings. The van der Waals surface area contributed by atoms with Crippen LogP contribution in [0, 0.1) is 6.92 Å². The van der Waals surface area contributed by atoms with Crippen molar-refractivity contribution in [2.75, 3.05) is 0 Å². The van der Waals surface area contributed by atoms with E-state index < -0.39 is 6.04 Å². The molecule has 4 heteroatoms. The van der Waals surface area contributed by atoms with Gasteiger partial charge >= 0.3 is 6.03 Å². The number of Topliss-reactive ketones (excluding diaryl/α,β-unsaturated/α-hetero) is 1. The molecular weight excluding hydrogens is 288 g/mol. The van der Waals surface area contributed by atoms with Gasteiger partial charge in [0.05, 0.1) is 6.04 Å². The number of rotatable bonds is 3. The van der Waals surface area contributed by atoms with Crippen LogP contribution in [0.3, 0.4) is 0 Å². The van der Waals surface area contributed by atoms with E-state index in [4.69, 9.17) is 0 Å². The molecule has 0 saturated carbocycles. The summed E-state index contributed by atoms with van der Waals surface area (Å²) in [5, 5.41) is 5.55. The van der Waals surface area contributed by atoms with Crippen molar-refractivity contribution in [2.24, 2.45) is 0 Å². The molecular formula is C19H18N2O2. The topological polar surface area (TPSA) is 58.2 Å². The summed E-state index contributed by atoms with van der Waals surface area (Å²) in [5.41, 5.74) is 3.79. The van der Waals surface area contributed by atoms with Crippen molar-refractivity contribution in [3.8, 4) is 0 Å². The third-order valence-electron chi connectivity index (χ3n) is 3.96. The van der Waals surface area contributed by atoms with Gasteiger partial charge < -0.3 is 10.6 Å². The van der Waals surface area contributed by atoms with E-state index in [0.29, 0.717) is 16.8 Å². The monoisotopic (exact) mass is 306 g/mol. The normalized spacial score (nSPS) is 17.5. The highest BCUT2D eigenvalue weighted by atomic mass is 16.2. The van der Waals surface area contributed by atoms with Crippen LogP contribution < -0.4 is 10.6 Å². The van der Waals surface area contributed by atoms with Crippen LogP contribution in [0.15, 0.2) is 65.9 Å². The Hall–Kier alpha value is -2.88. The van der Waals surface area contributed by atoms with Crippen LogP contribution in [-0.4, -0.2) is 11.8 Å². The van der Waals surface area contributed by atoms with Crippen LogP contribution >= 0.6 is 0 Å². The zero-order chi connectivity index (χ0) is 16.4. The molecule has 0 bridgehead atoms. The lowest BCUT2D eigenvalue weighted by molar-refractivity contribution is 0.102. The standard InChI is InChI=1S/C19H18N2O2/c1-12-8-10-14(11-9-12)17-16(13(2)20-19(23)21-17)18(22)15-6-4-3-5-7-15/h3-11,17H,1-2H3,(H2,20,21,23). The van der Waals surface area contributed by atoms with E-state index in [-0.39, 0.29) is 11.8 Å². The molecule has 2 aromatic rings. The molecule has 0 aliphatic carbocycles. The van der Waals surface area contributed by atoms with Crippen molar-refractivity contribution in [3.05, 3.63) is 82.6 Å². The number of hydrogen-bond donors (Lipinski definition) is 2. The highest BCUT2D eigenvalue weighted by Gasteiger charge is 2.31. The van der Waals surface area contributed by atoms with Gasteiger partial charge in [0, 0.05) is 16.8 Å². The summed E-state index contributed by atoms with van der Waals surface area (Å²) in [5.74, 6) is -0.0822. The third-order valence-corrected chi connectivity index (χ3v) is 3.96. The van der Waals surface area contributed by atoms with E-state index in [1.54, 1.807) is 19.1 Å². The van der Waals surface area contributed by atoms with Gasteiger partial charge in [-0.05, 0) is 19.4 Å². The molecule has 1 heterocycles. The lowest BCUT2D eigenvalue weighted by Gasteiger charge is -2.28. The number of carbonyl (C=O) groups excluding carboxylic acids is 2. The molecule has 0 saturated heterocycles. The molecule has 116 valence electrons. The first-order valence-corrected chi connectivity index (χ1v) is 7.51. The van der Waals surface area contributed by atoms with E-state index in [9.17, 15) is 9.59 Å². The Morgan fingerprint density at radius 3 is 2.26 bits per heavy atom. The molecule has 2 aromatic carbocycles. The van der Waals surface area contributed by atoms with Crippen LogP contribution in [0.4, 0.5) is 4.79 Å². The van der Waals surface area contributed by atoms with Gasteiger partial charge in [0.25, 0.3) is 0 Å². The van der Waals surface area contributed by atoms with Gasteiger partial charge in [-0.2, -0.15) is 0 Å². The Balaban J connectivity index is 2.06. The van der Waals surface area contributed by atoms with Crippen LogP contribution in [-0.2, 0) is 0 Å². The van der Waals surface area contributed by atoms with Crippen molar-refractivity contribution < 1.29 is 9.59 Å². The number of amides is 2. The number of aryl methyl sites for hydroxylation is 1. The second-order valence-corrected chi connectivity index (χ2v) is 5.68. The van der Waals surface area contributed by atoms with Crippen molar-refractivity contribution in [1.29, 1.82) is 0 Å². The minimum Gasteiger partial charge on any atom is -0.327 e. The summed E-state index contributed by atoms with van der Waals surface area (Å²) < 4.78 is 0. The summed E-state index contributed by atoms with van der Waals surface area (Å²) in [6.45, 7) is 3.76. The molecule has 1 aliphatic rings. The van der Waals surface area contributed by atoms with Crippen molar-refractivity contribution in [3.63, 3.8) is 0 Å². The number of nitrogens with one attached hydrogen (secondary N) is 2. The maximum absolute atomic E-state index is 12.9. The fourth-order valence-corrected chi connectivity index (χ4v) is 2.75. The molecule has 1 atom stereocenters. The Morgan fingerprint density at radius 1 is 0.957 bits per heavy atom. The van der Waals surface area contributed by atoms with Crippen molar-refractivity contribution >= 4 is 11.8 Å². The molecule has 2 amide bonds. The van der Waals surface area contributed by atoms with Crippen LogP contribution in [0.1, 0.15) is 34.5 Å². The Bertz CT molecular complexity index is 777. The van der Waals surface area contributed by atoms with E-state index in [2.05, 4.69) is 10.6 Å². The van der Waals surface area contributed by atoms with Crippen LogP contribution in [0.2, 0.25) is 0 Å². The minimum atomic E-state index is -0.447. The fourth-order valence-electron chi connectivity index (χ4n) is 2.75. The Kier molecular flexibility index (Phi) is 3.98. The molecule has 0 aromatic heterocycles. The number of benzene rings is 2. The lowest BCUT2D eigenvalue weighted by Crippen LogP contribution is -2.45. The number of allylic oxidation sites excluding steroid dienone is 1. The minimum absolute atomic E-state index is 0.0822. The zero-order valence-electron chi connectivity index (χ0n) is 13.1. The molecule has 1 unspecified atom stereocenters. The zero-order valence-corrected chi connectivity index (χ0v) is 13.1. The number of hydrogen-bond acceptors (Lipinski definition) is 2. The first-order chi connectivity index (χ1) is 11.1. The van der Waals surface area contributed by atoms with E-state index in [1.807, 2.05) is 49.4 Å². The number of ketones is 1. The summed E-state index contributed by atoms with van der Waals surface area (Å²) in [7, 11) is 0. The molecule has 0 spiro atoms. The SMILES string of the molecule is CC1=C(C(=O)c2ccccc2)C(c2ccc(C)cc2)NC(=O)N1. The van der Waals surface area contributed by atoms with Gasteiger partial charge in [-0.15, -0.1) is 0 Å². The first-order valence-electron chi connectivity index (χ1n) is 7.51. The van der Waals surface area contributed by atoms with E-state index in [1.165, 1.54) is 0 Å². The average molecular weight is 306 g/mol. The highest BCUT2D eigenvalue weighted by molar-refractivity contribution is 6.11. The van der Waals surface area contributed by atoms with Gasteiger partial charge in [0.15, 0.2) is 5.78 Å². The fraction of sp³-hybridized carbons (Fsp3) is 0.158. The van der Waals surface area contributed by atoms with Crippen molar-refractivity contribution in [1.82, 2.24) is 10.6 Å². The van der Waals surface area contributed by atoms with E-state index >= 15 is 0 Å². The smallest absolute Gasteiger partial charge is 0.319 e. The Morgan fingerprint density at radius 2 is 1.61 bits per heavy atom. The second kappa shape index (κ2) is 6.08. The summed E-state index contributed by atoms with van der Waals surface area (Å²) in [6.07, 6.45) is 0.